The molecule has 2 unspecified atom stereocenters. The lowest BCUT2D eigenvalue weighted by Crippen LogP contribution is -2.34. The molecule has 0 amide bonds. The second kappa shape index (κ2) is 4.92. The van der Waals surface area contributed by atoms with Gasteiger partial charge in [0.15, 0.2) is 0 Å². The van der Waals surface area contributed by atoms with Crippen molar-refractivity contribution in [2.24, 2.45) is 0 Å². The molecule has 1 aromatic rings. The Hall–Kier alpha value is -0.860. The van der Waals surface area contributed by atoms with Gasteiger partial charge in [0.05, 0.1) is 0 Å². The van der Waals surface area contributed by atoms with Gasteiger partial charge in [0.25, 0.3) is 0 Å². The lowest BCUT2D eigenvalue weighted by molar-refractivity contribution is 0.251. The lowest BCUT2D eigenvalue weighted by Gasteiger charge is -2.24. The Morgan fingerprint density at radius 2 is 1.95 bits per heavy atom. The largest absolute Gasteiger partial charge is 0.310 e. The summed E-state index contributed by atoms with van der Waals surface area (Å²) < 4.78 is 0. The second-order valence-electron chi connectivity index (χ2n) is 6.68. The maximum Gasteiger partial charge on any atom is 0.0234 e. The summed E-state index contributed by atoms with van der Waals surface area (Å²) in [4.78, 5) is 2.66. The number of benzene rings is 1. The lowest BCUT2D eigenvalue weighted by atomic mass is 10.1. The standard InChI is InChI=1S/C17H24N2/c1-2-13(10-15(3-1)14-4-5-14)11-19-9-8-16-6-7-17(12-19)18-16/h1-3,10,14,16-18H,4-9,11-12H2. The van der Waals surface area contributed by atoms with E-state index in [-0.39, 0.29) is 0 Å². The summed E-state index contributed by atoms with van der Waals surface area (Å²) >= 11 is 0. The number of rotatable bonds is 3. The fourth-order valence-electron chi connectivity index (χ4n) is 3.78. The van der Waals surface area contributed by atoms with E-state index in [1.165, 1.54) is 50.8 Å². The SMILES string of the molecule is c1cc(CN2CCC3CCC(C2)N3)cc(C2CC2)c1. The highest BCUT2D eigenvalue weighted by molar-refractivity contribution is 5.29. The molecule has 1 aromatic carbocycles. The van der Waals surface area contributed by atoms with Crippen LogP contribution in [-0.4, -0.2) is 30.1 Å². The van der Waals surface area contributed by atoms with Crippen LogP contribution >= 0.6 is 0 Å². The molecule has 2 nitrogen and oxygen atoms in total. The first-order chi connectivity index (χ1) is 9.37. The molecular weight excluding hydrogens is 232 g/mol. The van der Waals surface area contributed by atoms with Crippen molar-refractivity contribution in [2.75, 3.05) is 13.1 Å². The van der Waals surface area contributed by atoms with Gasteiger partial charge in [-0.2, -0.15) is 0 Å². The summed E-state index contributed by atoms with van der Waals surface area (Å²) in [5.41, 5.74) is 3.09. The third kappa shape index (κ3) is 2.70. The topological polar surface area (TPSA) is 15.3 Å². The first-order valence-electron chi connectivity index (χ1n) is 7.94. The molecule has 2 aliphatic heterocycles. The van der Waals surface area contributed by atoms with Crippen LogP contribution in [0.3, 0.4) is 0 Å². The van der Waals surface area contributed by atoms with Gasteiger partial charge in [0.2, 0.25) is 0 Å². The number of nitrogens with one attached hydrogen (secondary N) is 1. The van der Waals surface area contributed by atoms with Crippen molar-refractivity contribution in [3.63, 3.8) is 0 Å². The van der Waals surface area contributed by atoms with Crippen LogP contribution in [0, 0.1) is 0 Å². The van der Waals surface area contributed by atoms with Crippen LogP contribution in [0.25, 0.3) is 0 Å². The normalized spacial score (nSPS) is 31.4. The molecule has 2 bridgehead atoms. The molecule has 1 aliphatic carbocycles. The molecule has 19 heavy (non-hydrogen) atoms. The Balaban J connectivity index is 1.44. The zero-order chi connectivity index (χ0) is 12.7. The molecule has 2 heterocycles. The Kier molecular flexibility index (Phi) is 3.08. The molecule has 3 fully saturated rings. The summed E-state index contributed by atoms with van der Waals surface area (Å²) in [6.45, 7) is 3.65. The zero-order valence-corrected chi connectivity index (χ0v) is 11.6. The van der Waals surface area contributed by atoms with Crippen molar-refractivity contribution in [1.82, 2.24) is 10.2 Å². The van der Waals surface area contributed by atoms with Crippen LogP contribution in [0.5, 0.6) is 0 Å². The van der Waals surface area contributed by atoms with Gasteiger partial charge >= 0.3 is 0 Å². The van der Waals surface area contributed by atoms with E-state index in [4.69, 9.17) is 0 Å². The van der Waals surface area contributed by atoms with Gasteiger partial charge in [-0.05, 0) is 49.1 Å². The smallest absolute Gasteiger partial charge is 0.0234 e. The summed E-state index contributed by atoms with van der Waals surface area (Å²) in [5, 5.41) is 3.77. The summed E-state index contributed by atoms with van der Waals surface area (Å²) in [6.07, 6.45) is 6.92. The highest BCUT2D eigenvalue weighted by Crippen LogP contribution is 2.40. The zero-order valence-electron chi connectivity index (χ0n) is 11.6. The molecule has 0 radical (unpaired) electrons. The van der Waals surface area contributed by atoms with Crippen molar-refractivity contribution < 1.29 is 0 Å². The summed E-state index contributed by atoms with van der Waals surface area (Å²) in [6, 6.07) is 10.9. The van der Waals surface area contributed by atoms with Gasteiger partial charge in [0, 0.05) is 31.7 Å². The van der Waals surface area contributed by atoms with E-state index in [1.807, 2.05) is 0 Å². The number of nitrogens with zero attached hydrogens (tertiary/aromatic N) is 1. The van der Waals surface area contributed by atoms with E-state index in [0.29, 0.717) is 0 Å². The minimum atomic E-state index is 0.749. The van der Waals surface area contributed by atoms with Crippen LogP contribution in [0.2, 0.25) is 0 Å². The predicted molar refractivity (Wildman–Crippen MR) is 78.3 cm³/mol. The Morgan fingerprint density at radius 3 is 2.84 bits per heavy atom. The van der Waals surface area contributed by atoms with Crippen LogP contribution < -0.4 is 5.32 Å². The van der Waals surface area contributed by atoms with Crippen LogP contribution in [0.15, 0.2) is 24.3 Å². The molecule has 2 heteroatoms. The van der Waals surface area contributed by atoms with Crippen LogP contribution in [0.1, 0.15) is 49.1 Å². The minimum absolute atomic E-state index is 0.749. The highest BCUT2D eigenvalue weighted by Gasteiger charge is 2.29. The van der Waals surface area contributed by atoms with E-state index < -0.39 is 0 Å². The molecule has 3 aliphatic rings. The molecule has 2 saturated heterocycles. The minimum Gasteiger partial charge on any atom is -0.310 e. The van der Waals surface area contributed by atoms with E-state index in [9.17, 15) is 0 Å². The average molecular weight is 256 g/mol. The monoisotopic (exact) mass is 256 g/mol. The number of fused-ring (bicyclic) bond motifs is 2. The quantitative estimate of drug-likeness (QED) is 0.894. The first kappa shape index (κ1) is 11.9. The maximum atomic E-state index is 3.77. The van der Waals surface area contributed by atoms with Crippen molar-refractivity contribution in [1.29, 1.82) is 0 Å². The maximum absolute atomic E-state index is 3.77. The van der Waals surface area contributed by atoms with E-state index in [1.54, 1.807) is 5.56 Å². The van der Waals surface area contributed by atoms with E-state index >= 15 is 0 Å². The Labute approximate surface area is 116 Å². The van der Waals surface area contributed by atoms with Crippen LogP contribution in [0.4, 0.5) is 0 Å². The molecule has 1 N–H and O–H groups in total. The third-order valence-corrected chi connectivity index (χ3v) is 5.01. The van der Waals surface area contributed by atoms with E-state index in [2.05, 4.69) is 34.5 Å². The number of hydrogen-bond donors (Lipinski definition) is 1. The highest BCUT2D eigenvalue weighted by atomic mass is 15.2. The Morgan fingerprint density at radius 1 is 1.05 bits per heavy atom. The van der Waals surface area contributed by atoms with Crippen molar-refractivity contribution in [3.05, 3.63) is 35.4 Å². The van der Waals surface area contributed by atoms with Gasteiger partial charge in [0.1, 0.15) is 0 Å². The van der Waals surface area contributed by atoms with Crippen molar-refractivity contribution in [2.45, 2.75) is 56.7 Å². The molecule has 0 spiro atoms. The molecule has 2 atom stereocenters. The van der Waals surface area contributed by atoms with Crippen molar-refractivity contribution in [3.8, 4) is 0 Å². The van der Waals surface area contributed by atoms with Gasteiger partial charge in [-0.25, -0.2) is 0 Å². The summed E-state index contributed by atoms with van der Waals surface area (Å²) in [5.74, 6) is 0.877. The number of likely N-dealkylation sites (tertiary alicyclic amines) is 1. The predicted octanol–water partition coefficient (Wildman–Crippen LogP) is 2.89. The molecular formula is C17H24N2. The number of hydrogen-bond acceptors (Lipinski definition) is 2. The molecule has 102 valence electrons. The van der Waals surface area contributed by atoms with E-state index in [0.717, 1.165) is 24.5 Å². The Bertz CT molecular complexity index is 452. The van der Waals surface area contributed by atoms with Gasteiger partial charge in [-0.1, -0.05) is 24.3 Å². The fraction of sp³-hybridized carbons (Fsp3) is 0.647. The first-order valence-corrected chi connectivity index (χ1v) is 7.94. The van der Waals surface area contributed by atoms with Gasteiger partial charge in [-0.15, -0.1) is 0 Å². The van der Waals surface area contributed by atoms with Gasteiger partial charge in [-0.3, -0.25) is 4.90 Å². The van der Waals surface area contributed by atoms with Gasteiger partial charge < -0.3 is 5.32 Å². The molecule has 1 saturated carbocycles. The fourth-order valence-corrected chi connectivity index (χ4v) is 3.78. The van der Waals surface area contributed by atoms with Crippen molar-refractivity contribution >= 4 is 0 Å². The second-order valence-corrected chi connectivity index (χ2v) is 6.68. The average Bonchev–Trinajstić information content (AvgIpc) is 3.18. The summed E-state index contributed by atoms with van der Waals surface area (Å²) in [7, 11) is 0. The molecule has 4 rings (SSSR count). The molecule has 0 aromatic heterocycles. The third-order valence-electron chi connectivity index (χ3n) is 5.01. The van der Waals surface area contributed by atoms with Crippen LogP contribution in [-0.2, 0) is 6.54 Å².